The van der Waals surface area contributed by atoms with E-state index in [4.69, 9.17) is 0 Å². The first-order valence-corrected chi connectivity index (χ1v) is 11.4. The van der Waals surface area contributed by atoms with Gasteiger partial charge in [-0.25, -0.2) is 13.2 Å². The Morgan fingerprint density at radius 3 is 2.50 bits per heavy atom. The predicted molar refractivity (Wildman–Crippen MR) is 113 cm³/mol. The van der Waals surface area contributed by atoms with Gasteiger partial charge in [-0.3, -0.25) is 18.6 Å². The number of hydrogen-bond donors (Lipinski definition) is 0. The Labute approximate surface area is 174 Å². The fraction of sp³-hybridized carbons (Fsp3) is 0.450. The zero-order valence-corrected chi connectivity index (χ0v) is 18.1. The highest BCUT2D eigenvalue weighted by atomic mass is 32.2. The van der Waals surface area contributed by atoms with Gasteiger partial charge in [0.25, 0.3) is 5.56 Å². The average Bonchev–Trinajstić information content (AvgIpc) is 3.00. The molecule has 160 valence electrons. The Balaban J connectivity index is 1.86. The van der Waals surface area contributed by atoms with Crippen LogP contribution in [0.2, 0.25) is 0 Å². The third-order valence-corrected chi connectivity index (χ3v) is 7.76. The van der Waals surface area contributed by atoms with Crippen LogP contribution in [0, 0.1) is 0 Å². The van der Waals surface area contributed by atoms with Crippen molar-refractivity contribution >= 4 is 20.9 Å². The molecule has 1 fully saturated rings. The molecule has 1 atom stereocenters. The lowest BCUT2D eigenvalue weighted by molar-refractivity contribution is 0.329. The number of fused-ring (bicyclic) bond motifs is 1. The summed E-state index contributed by atoms with van der Waals surface area (Å²) in [5.74, 6) is 0. The molecular formula is C20H25N5O4S. The summed E-state index contributed by atoms with van der Waals surface area (Å²) < 4.78 is 32.8. The van der Waals surface area contributed by atoms with Crippen LogP contribution in [0.5, 0.6) is 0 Å². The molecule has 3 heterocycles. The second-order valence-corrected chi connectivity index (χ2v) is 9.70. The monoisotopic (exact) mass is 431 g/mol. The van der Waals surface area contributed by atoms with Crippen LogP contribution in [0.1, 0.15) is 37.3 Å². The maximum Gasteiger partial charge on any atom is 0.330 e. The summed E-state index contributed by atoms with van der Waals surface area (Å²) in [7, 11) is 0.900. The molecule has 4 rings (SSSR count). The van der Waals surface area contributed by atoms with Crippen molar-refractivity contribution in [3.63, 3.8) is 0 Å². The SMILES string of the molecule is Cn1cc([C@@H]2CCCCCN2S(=O)(=O)c2ccc3c(c2)c(=O)n(C)c(=O)n3C)cn1. The van der Waals surface area contributed by atoms with Gasteiger partial charge in [-0.05, 0) is 31.0 Å². The third-order valence-electron chi connectivity index (χ3n) is 5.86. The van der Waals surface area contributed by atoms with Crippen LogP contribution < -0.4 is 11.2 Å². The van der Waals surface area contributed by atoms with Crippen molar-refractivity contribution in [1.82, 2.24) is 23.2 Å². The minimum absolute atomic E-state index is 0.0570. The van der Waals surface area contributed by atoms with Gasteiger partial charge in [0.05, 0.1) is 28.0 Å². The van der Waals surface area contributed by atoms with Crippen LogP contribution in [-0.4, -0.2) is 38.2 Å². The first-order chi connectivity index (χ1) is 14.2. The van der Waals surface area contributed by atoms with Crippen molar-refractivity contribution in [1.29, 1.82) is 0 Å². The molecule has 0 radical (unpaired) electrons. The first-order valence-electron chi connectivity index (χ1n) is 9.92. The Hall–Kier alpha value is -2.72. The van der Waals surface area contributed by atoms with E-state index in [0.29, 0.717) is 12.1 Å². The average molecular weight is 432 g/mol. The van der Waals surface area contributed by atoms with Gasteiger partial charge in [-0.15, -0.1) is 0 Å². The minimum Gasteiger partial charge on any atom is -0.296 e. The van der Waals surface area contributed by atoms with Gasteiger partial charge < -0.3 is 0 Å². The van der Waals surface area contributed by atoms with Crippen molar-refractivity contribution in [2.24, 2.45) is 21.1 Å². The van der Waals surface area contributed by atoms with E-state index in [-0.39, 0.29) is 16.3 Å². The molecule has 1 aliphatic heterocycles. The van der Waals surface area contributed by atoms with Crippen molar-refractivity contribution in [2.45, 2.75) is 36.6 Å². The molecule has 0 unspecified atom stereocenters. The predicted octanol–water partition coefficient (Wildman–Crippen LogP) is 1.28. The van der Waals surface area contributed by atoms with Gasteiger partial charge in [0, 0.05) is 39.4 Å². The Bertz CT molecular complexity index is 1340. The molecule has 2 aromatic heterocycles. The van der Waals surface area contributed by atoms with E-state index in [9.17, 15) is 18.0 Å². The molecule has 1 saturated heterocycles. The summed E-state index contributed by atoms with van der Waals surface area (Å²) in [4.78, 5) is 24.9. The lowest BCUT2D eigenvalue weighted by Gasteiger charge is -2.28. The molecule has 30 heavy (non-hydrogen) atoms. The molecule has 0 spiro atoms. The molecular weight excluding hydrogens is 406 g/mol. The van der Waals surface area contributed by atoms with Crippen molar-refractivity contribution in [3.05, 3.63) is 57.0 Å². The van der Waals surface area contributed by atoms with Crippen molar-refractivity contribution in [3.8, 4) is 0 Å². The van der Waals surface area contributed by atoms with E-state index >= 15 is 0 Å². The summed E-state index contributed by atoms with van der Waals surface area (Å²) in [6, 6.07) is 4.09. The van der Waals surface area contributed by atoms with Crippen LogP contribution in [0.4, 0.5) is 0 Å². The van der Waals surface area contributed by atoms with Crippen LogP contribution in [0.25, 0.3) is 10.9 Å². The standard InChI is InChI=1S/C20H25N5O4S/c1-22-13-14(12-21-22)17-7-5-4-6-10-25(17)30(28,29)15-8-9-18-16(11-15)19(26)24(3)20(27)23(18)2/h8-9,11-13,17H,4-7,10H2,1-3H3/t17-/m0/s1. The minimum atomic E-state index is -3.86. The second kappa shape index (κ2) is 7.51. The van der Waals surface area contributed by atoms with Crippen LogP contribution in [0.3, 0.4) is 0 Å². The number of nitrogens with zero attached hydrogens (tertiary/aromatic N) is 5. The number of rotatable bonds is 3. The van der Waals surface area contributed by atoms with Gasteiger partial charge in [-0.1, -0.05) is 12.8 Å². The molecule has 3 aromatic rings. The highest BCUT2D eigenvalue weighted by molar-refractivity contribution is 7.89. The molecule has 0 bridgehead atoms. The highest BCUT2D eigenvalue weighted by Crippen LogP contribution is 2.34. The normalized spacial score (nSPS) is 18.6. The van der Waals surface area contributed by atoms with E-state index in [1.165, 1.54) is 34.1 Å². The fourth-order valence-electron chi connectivity index (χ4n) is 4.19. The third kappa shape index (κ3) is 3.29. The smallest absolute Gasteiger partial charge is 0.296 e. The van der Waals surface area contributed by atoms with E-state index < -0.39 is 21.3 Å². The van der Waals surface area contributed by atoms with Crippen molar-refractivity contribution < 1.29 is 8.42 Å². The van der Waals surface area contributed by atoms with E-state index in [0.717, 1.165) is 35.8 Å². The Morgan fingerprint density at radius 1 is 1.03 bits per heavy atom. The summed E-state index contributed by atoms with van der Waals surface area (Å²) >= 11 is 0. The van der Waals surface area contributed by atoms with Gasteiger partial charge in [0.1, 0.15) is 0 Å². The summed E-state index contributed by atoms with van der Waals surface area (Å²) in [5, 5.41) is 4.41. The molecule has 0 aliphatic carbocycles. The largest absolute Gasteiger partial charge is 0.330 e. The molecule has 0 saturated carbocycles. The summed E-state index contributed by atoms with van der Waals surface area (Å²) in [5.41, 5.74) is 0.306. The van der Waals surface area contributed by atoms with Gasteiger partial charge in [-0.2, -0.15) is 9.40 Å². The van der Waals surface area contributed by atoms with E-state index in [1.54, 1.807) is 17.9 Å². The lowest BCUT2D eigenvalue weighted by atomic mass is 10.1. The van der Waals surface area contributed by atoms with Crippen molar-refractivity contribution in [2.75, 3.05) is 6.54 Å². The Kier molecular flexibility index (Phi) is 5.15. The summed E-state index contributed by atoms with van der Waals surface area (Å²) in [6.07, 6.45) is 6.96. The zero-order chi connectivity index (χ0) is 21.6. The molecule has 10 heteroatoms. The van der Waals surface area contributed by atoms with Crippen LogP contribution >= 0.6 is 0 Å². The highest BCUT2D eigenvalue weighted by Gasteiger charge is 2.34. The molecule has 1 aliphatic rings. The Morgan fingerprint density at radius 2 is 1.80 bits per heavy atom. The molecule has 0 amide bonds. The van der Waals surface area contributed by atoms with E-state index in [2.05, 4.69) is 5.10 Å². The summed E-state index contributed by atoms with van der Waals surface area (Å²) in [6.45, 7) is 0.408. The number of hydrogen-bond acceptors (Lipinski definition) is 5. The lowest BCUT2D eigenvalue weighted by Crippen LogP contribution is -2.37. The molecule has 1 aromatic carbocycles. The maximum absolute atomic E-state index is 13.6. The number of aryl methyl sites for hydroxylation is 2. The quantitative estimate of drug-likeness (QED) is 0.622. The topological polar surface area (TPSA) is 99.2 Å². The zero-order valence-electron chi connectivity index (χ0n) is 17.3. The van der Waals surface area contributed by atoms with E-state index in [1.807, 2.05) is 13.2 Å². The van der Waals surface area contributed by atoms with Gasteiger partial charge >= 0.3 is 5.69 Å². The number of sulfonamides is 1. The number of aromatic nitrogens is 4. The van der Waals surface area contributed by atoms with Gasteiger partial charge in [0.15, 0.2) is 0 Å². The van der Waals surface area contributed by atoms with Crippen LogP contribution in [-0.2, 0) is 31.2 Å². The fourth-order valence-corrected chi connectivity index (χ4v) is 5.89. The molecule has 9 nitrogen and oxygen atoms in total. The van der Waals surface area contributed by atoms with Gasteiger partial charge in [0.2, 0.25) is 10.0 Å². The first kappa shape index (κ1) is 20.5. The molecule has 0 N–H and O–H groups in total. The van der Waals surface area contributed by atoms with Crippen LogP contribution in [0.15, 0.2) is 45.1 Å². The number of benzene rings is 1. The second-order valence-electron chi connectivity index (χ2n) is 7.81. The maximum atomic E-state index is 13.6.